The lowest BCUT2D eigenvalue weighted by Crippen LogP contribution is -2.51. The van der Waals surface area contributed by atoms with Gasteiger partial charge in [0, 0.05) is 5.39 Å². The van der Waals surface area contributed by atoms with Crippen molar-refractivity contribution in [3.05, 3.63) is 46.3 Å². The van der Waals surface area contributed by atoms with E-state index in [1.54, 1.807) is 45.0 Å². The monoisotopic (exact) mass is 275 g/mol. The molecule has 106 valence electrons. The molecule has 0 aliphatic carbocycles. The zero-order valence-corrected chi connectivity index (χ0v) is 11.6. The summed E-state index contributed by atoms with van der Waals surface area (Å²) in [6.45, 7) is 4.93. The first kappa shape index (κ1) is 14.3. The Hall–Kier alpha value is -2.14. The number of fused-ring (bicyclic) bond motifs is 1. The molecule has 1 aromatic carbocycles. The Morgan fingerprint density at radius 1 is 1.35 bits per heavy atom. The van der Waals surface area contributed by atoms with Crippen LogP contribution in [0.15, 0.2) is 39.5 Å². The van der Waals surface area contributed by atoms with Gasteiger partial charge in [-0.05, 0) is 32.9 Å². The Labute approximate surface area is 116 Å². The minimum Gasteiger partial charge on any atom is -0.422 e. The van der Waals surface area contributed by atoms with Crippen molar-refractivity contribution in [2.24, 2.45) is 0 Å². The SMILES string of the molecule is CC(O)C(C)(C)NC(=O)c1cc2ccccc2oc1=O. The fourth-order valence-electron chi connectivity index (χ4n) is 1.68. The van der Waals surface area contributed by atoms with E-state index in [-0.39, 0.29) is 5.56 Å². The fraction of sp³-hybridized carbons (Fsp3) is 0.333. The van der Waals surface area contributed by atoms with Crippen molar-refractivity contribution in [1.29, 1.82) is 0 Å². The van der Waals surface area contributed by atoms with Crippen LogP contribution in [0.1, 0.15) is 31.1 Å². The summed E-state index contributed by atoms with van der Waals surface area (Å²) >= 11 is 0. The Morgan fingerprint density at radius 2 is 2.00 bits per heavy atom. The number of para-hydroxylation sites is 1. The summed E-state index contributed by atoms with van der Waals surface area (Å²) < 4.78 is 5.11. The Balaban J connectivity index is 2.40. The van der Waals surface area contributed by atoms with Crippen LogP contribution < -0.4 is 10.9 Å². The van der Waals surface area contributed by atoms with Gasteiger partial charge in [0.05, 0.1) is 11.6 Å². The van der Waals surface area contributed by atoms with E-state index in [4.69, 9.17) is 4.42 Å². The third kappa shape index (κ3) is 2.72. The van der Waals surface area contributed by atoms with Crippen LogP contribution >= 0.6 is 0 Å². The van der Waals surface area contributed by atoms with Crippen LogP contribution in [0.3, 0.4) is 0 Å². The van der Waals surface area contributed by atoms with Gasteiger partial charge in [-0.1, -0.05) is 18.2 Å². The van der Waals surface area contributed by atoms with Gasteiger partial charge in [-0.2, -0.15) is 0 Å². The molecule has 2 rings (SSSR count). The molecule has 0 fully saturated rings. The summed E-state index contributed by atoms with van der Waals surface area (Å²) in [5, 5.41) is 12.9. The van der Waals surface area contributed by atoms with Gasteiger partial charge in [0.2, 0.25) is 0 Å². The van der Waals surface area contributed by atoms with Crippen LogP contribution in [0.2, 0.25) is 0 Å². The van der Waals surface area contributed by atoms with Gasteiger partial charge in [0.25, 0.3) is 5.91 Å². The summed E-state index contributed by atoms with van der Waals surface area (Å²) in [4.78, 5) is 24.0. The molecule has 1 aromatic heterocycles. The number of rotatable bonds is 3. The molecular formula is C15H17NO4. The van der Waals surface area contributed by atoms with Crippen molar-refractivity contribution in [2.45, 2.75) is 32.4 Å². The van der Waals surface area contributed by atoms with Crippen LogP contribution in [0.5, 0.6) is 0 Å². The third-order valence-electron chi connectivity index (χ3n) is 3.37. The first-order chi connectivity index (χ1) is 9.31. The molecular weight excluding hydrogens is 258 g/mol. The van der Waals surface area contributed by atoms with E-state index in [1.807, 2.05) is 0 Å². The van der Waals surface area contributed by atoms with Crippen molar-refractivity contribution < 1.29 is 14.3 Å². The molecule has 0 spiro atoms. The summed E-state index contributed by atoms with van der Waals surface area (Å²) in [5.74, 6) is -0.560. The van der Waals surface area contributed by atoms with Crippen LogP contribution in [0.25, 0.3) is 11.0 Å². The van der Waals surface area contributed by atoms with Gasteiger partial charge in [0.1, 0.15) is 11.1 Å². The minimum atomic E-state index is -0.838. The highest BCUT2D eigenvalue weighted by Crippen LogP contribution is 2.14. The smallest absolute Gasteiger partial charge is 0.349 e. The van der Waals surface area contributed by atoms with Gasteiger partial charge in [-0.3, -0.25) is 4.79 Å². The molecule has 0 radical (unpaired) electrons. The van der Waals surface area contributed by atoms with Gasteiger partial charge < -0.3 is 14.8 Å². The van der Waals surface area contributed by atoms with Gasteiger partial charge in [0.15, 0.2) is 0 Å². The number of hydrogen-bond acceptors (Lipinski definition) is 4. The second-order valence-electron chi connectivity index (χ2n) is 5.34. The van der Waals surface area contributed by atoms with Crippen LogP contribution in [-0.2, 0) is 0 Å². The molecule has 1 atom stereocenters. The van der Waals surface area contributed by atoms with Crippen molar-refractivity contribution in [2.75, 3.05) is 0 Å². The maximum atomic E-state index is 12.1. The summed E-state index contributed by atoms with van der Waals surface area (Å²) in [6.07, 6.45) is -0.751. The molecule has 0 saturated heterocycles. The van der Waals surface area contributed by atoms with E-state index in [9.17, 15) is 14.7 Å². The quantitative estimate of drug-likeness (QED) is 0.835. The summed E-state index contributed by atoms with van der Waals surface area (Å²) in [6, 6.07) is 8.47. The number of hydrogen-bond donors (Lipinski definition) is 2. The molecule has 1 unspecified atom stereocenters. The first-order valence-electron chi connectivity index (χ1n) is 6.35. The standard InChI is InChI=1S/C15H17NO4/c1-9(17)15(2,3)16-13(18)11-8-10-6-4-5-7-12(10)20-14(11)19/h4-9,17H,1-3H3,(H,16,18). The van der Waals surface area contributed by atoms with E-state index in [0.717, 1.165) is 0 Å². The molecule has 2 N–H and O–H groups in total. The van der Waals surface area contributed by atoms with Crippen molar-refractivity contribution in [3.8, 4) is 0 Å². The zero-order chi connectivity index (χ0) is 14.9. The largest absolute Gasteiger partial charge is 0.422 e. The average molecular weight is 275 g/mol. The van der Waals surface area contributed by atoms with Gasteiger partial charge in [-0.15, -0.1) is 0 Å². The lowest BCUT2D eigenvalue weighted by Gasteiger charge is -2.29. The molecule has 2 aromatic rings. The lowest BCUT2D eigenvalue weighted by atomic mass is 9.98. The maximum absolute atomic E-state index is 12.1. The van der Waals surface area contributed by atoms with Crippen molar-refractivity contribution in [3.63, 3.8) is 0 Å². The van der Waals surface area contributed by atoms with Crippen molar-refractivity contribution in [1.82, 2.24) is 5.32 Å². The van der Waals surface area contributed by atoms with E-state index < -0.39 is 23.2 Å². The molecule has 1 heterocycles. The first-order valence-corrected chi connectivity index (χ1v) is 6.35. The molecule has 1 amide bonds. The second kappa shape index (κ2) is 5.09. The number of amides is 1. The number of carbonyl (C=O) groups excluding carboxylic acids is 1. The van der Waals surface area contributed by atoms with Gasteiger partial charge in [-0.25, -0.2) is 4.79 Å². The van der Waals surface area contributed by atoms with Crippen LogP contribution in [-0.4, -0.2) is 22.7 Å². The topological polar surface area (TPSA) is 79.5 Å². The highest BCUT2D eigenvalue weighted by atomic mass is 16.4. The van der Waals surface area contributed by atoms with Crippen LogP contribution in [0.4, 0.5) is 0 Å². The highest BCUT2D eigenvalue weighted by molar-refractivity contribution is 5.97. The Morgan fingerprint density at radius 3 is 2.65 bits per heavy atom. The maximum Gasteiger partial charge on any atom is 0.349 e. The Kier molecular flexibility index (Phi) is 3.63. The fourth-order valence-corrected chi connectivity index (χ4v) is 1.68. The van der Waals surface area contributed by atoms with E-state index in [2.05, 4.69) is 5.32 Å². The number of benzene rings is 1. The number of aliphatic hydroxyl groups excluding tert-OH is 1. The molecule has 0 aliphatic rings. The Bertz CT molecular complexity index is 700. The van der Waals surface area contributed by atoms with Crippen molar-refractivity contribution >= 4 is 16.9 Å². The lowest BCUT2D eigenvalue weighted by molar-refractivity contribution is 0.0706. The van der Waals surface area contributed by atoms with Gasteiger partial charge >= 0.3 is 5.63 Å². The number of nitrogens with one attached hydrogen (secondary N) is 1. The van der Waals surface area contributed by atoms with Crippen LogP contribution in [0, 0.1) is 0 Å². The zero-order valence-electron chi connectivity index (χ0n) is 11.6. The predicted molar refractivity (Wildman–Crippen MR) is 75.7 cm³/mol. The molecule has 5 heteroatoms. The number of aliphatic hydroxyl groups is 1. The number of carbonyl (C=O) groups is 1. The second-order valence-corrected chi connectivity index (χ2v) is 5.34. The average Bonchev–Trinajstić information content (AvgIpc) is 2.37. The molecule has 5 nitrogen and oxygen atoms in total. The van der Waals surface area contributed by atoms with E-state index in [0.29, 0.717) is 11.0 Å². The molecule has 0 saturated carbocycles. The summed E-state index contributed by atoms with van der Waals surface area (Å²) in [7, 11) is 0. The molecule has 0 aliphatic heterocycles. The van der Waals surface area contributed by atoms with E-state index >= 15 is 0 Å². The third-order valence-corrected chi connectivity index (χ3v) is 3.37. The minimum absolute atomic E-state index is 0.0718. The van der Waals surface area contributed by atoms with E-state index in [1.165, 1.54) is 6.07 Å². The molecule has 20 heavy (non-hydrogen) atoms. The predicted octanol–water partition coefficient (Wildman–Crippen LogP) is 1.68. The normalized spacial score (nSPS) is 13.2. The highest BCUT2D eigenvalue weighted by Gasteiger charge is 2.27. The molecule has 0 bridgehead atoms. The summed E-state index contributed by atoms with van der Waals surface area (Å²) in [5.41, 5.74) is -1.17.